The number of benzene rings is 1. The molecule has 1 aromatic heterocycles. The Morgan fingerprint density at radius 1 is 1.22 bits per heavy atom. The third kappa shape index (κ3) is 3.35. The molecule has 0 unspecified atom stereocenters. The van der Waals surface area contributed by atoms with Crippen molar-refractivity contribution in [2.45, 2.75) is 0 Å². The van der Waals surface area contributed by atoms with Crippen LogP contribution in [0.4, 0.5) is 5.69 Å². The second-order valence-corrected chi connectivity index (χ2v) is 5.20. The van der Waals surface area contributed by atoms with Crippen molar-refractivity contribution in [2.75, 3.05) is 5.32 Å². The van der Waals surface area contributed by atoms with Gasteiger partial charge in [-0.05, 0) is 29.7 Å². The van der Waals surface area contributed by atoms with Crippen molar-refractivity contribution in [3.05, 3.63) is 56.7 Å². The zero-order valence-corrected chi connectivity index (χ0v) is 11.5. The minimum atomic E-state index is -0.243. The van der Waals surface area contributed by atoms with Crippen molar-refractivity contribution < 1.29 is 4.79 Å². The van der Waals surface area contributed by atoms with Gasteiger partial charge in [0.1, 0.15) is 0 Å². The van der Waals surface area contributed by atoms with E-state index in [1.54, 1.807) is 35.6 Å². The summed E-state index contributed by atoms with van der Waals surface area (Å²) in [5, 5.41) is 5.38. The maximum Gasteiger partial charge on any atom is 0.248 e. The van der Waals surface area contributed by atoms with Crippen molar-refractivity contribution in [1.29, 1.82) is 0 Å². The fourth-order valence-corrected chi connectivity index (χ4v) is 2.28. The van der Waals surface area contributed by atoms with Crippen LogP contribution in [0.2, 0.25) is 10.0 Å². The Balaban J connectivity index is 2.05. The van der Waals surface area contributed by atoms with Crippen LogP contribution < -0.4 is 5.32 Å². The maximum absolute atomic E-state index is 11.7. The van der Waals surface area contributed by atoms with Crippen molar-refractivity contribution in [1.82, 2.24) is 0 Å². The average Bonchev–Trinajstić information content (AvgIpc) is 2.86. The highest BCUT2D eigenvalue weighted by Crippen LogP contribution is 2.29. The molecule has 18 heavy (non-hydrogen) atoms. The summed E-state index contributed by atoms with van der Waals surface area (Å²) in [6.07, 6.45) is 3.21. The molecule has 0 spiro atoms. The van der Waals surface area contributed by atoms with Gasteiger partial charge in [-0.1, -0.05) is 35.3 Å². The van der Waals surface area contributed by atoms with Crippen molar-refractivity contribution in [3.8, 4) is 0 Å². The van der Waals surface area contributed by atoms with Gasteiger partial charge >= 0.3 is 0 Å². The quantitative estimate of drug-likeness (QED) is 0.817. The van der Waals surface area contributed by atoms with Crippen molar-refractivity contribution >= 4 is 52.2 Å². The summed E-state index contributed by atoms with van der Waals surface area (Å²) in [5.74, 6) is -0.243. The smallest absolute Gasteiger partial charge is 0.248 e. The molecular formula is C13H9Cl2NOS. The number of thiophene rings is 1. The molecule has 1 aromatic carbocycles. The van der Waals surface area contributed by atoms with E-state index in [1.165, 1.54) is 6.08 Å². The number of anilines is 1. The predicted octanol–water partition coefficient (Wildman–Crippen LogP) is 4.71. The molecule has 0 atom stereocenters. The molecule has 0 radical (unpaired) electrons. The molecule has 0 bridgehead atoms. The lowest BCUT2D eigenvalue weighted by Gasteiger charge is -2.05. The highest BCUT2D eigenvalue weighted by molar-refractivity contribution is 7.10. The topological polar surface area (TPSA) is 29.1 Å². The molecule has 5 heteroatoms. The third-order valence-corrected chi connectivity index (χ3v) is 3.81. The summed E-state index contributed by atoms with van der Waals surface area (Å²) >= 11 is 13.4. The molecule has 92 valence electrons. The van der Waals surface area contributed by atoms with Crippen molar-refractivity contribution in [2.24, 2.45) is 0 Å². The van der Waals surface area contributed by atoms with Crippen LogP contribution in [0, 0.1) is 0 Å². The SMILES string of the molecule is O=C(C=Cc1cccs1)Nc1cccc(Cl)c1Cl. The summed E-state index contributed by atoms with van der Waals surface area (Å²) in [6, 6.07) is 8.95. The molecule has 2 aromatic rings. The molecule has 0 aliphatic heterocycles. The highest BCUT2D eigenvalue weighted by atomic mass is 35.5. The summed E-state index contributed by atoms with van der Waals surface area (Å²) in [7, 11) is 0. The van der Waals surface area contributed by atoms with Gasteiger partial charge in [-0.15, -0.1) is 11.3 Å². The number of rotatable bonds is 3. The van der Waals surface area contributed by atoms with E-state index in [4.69, 9.17) is 23.2 Å². The van der Waals surface area contributed by atoms with E-state index in [0.717, 1.165) is 4.88 Å². The fraction of sp³-hybridized carbons (Fsp3) is 0. The van der Waals surface area contributed by atoms with Crippen molar-refractivity contribution in [3.63, 3.8) is 0 Å². The molecule has 1 amide bonds. The highest BCUT2D eigenvalue weighted by Gasteiger charge is 2.05. The first-order valence-electron chi connectivity index (χ1n) is 5.13. The summed E-state index contributed by atoms with van der Waals surface area (Å²) < 4.78 is 0. The van der Waals surface area contributed by atoms with Crippen LogP contribution >= 0.6 is 34.5 Å². The van der Waals surface area contributed by atoms with E-state index in [1.807, 2.05) is 17.5 Å². The van der Waals surface area contributed by atoms with Crippen LogP contribution in [0.5, 0.6) is 0 Å². The Labute approximate surface area is 119 Å². The molecule has 1 heterocycles. The summed E-state index contributed by atoms with van der Waals surface area (Å²) in [4.78, 5) is 12.7. The van der Waals surface area contributed by atoms with Gasteiger partial charge in [-0.2, -0.15) is 0 Å². The van der Waals surface area contributed by atoms with E-state index < -0.39 is 0 Å². The normalized spacial score (nSPS) is 10.8. The van der Waals surface area contributed by atoms with E-state index in [9.17, 15) is 4.79 Å². The third-order valence-electron chi connectivity index (χ3n) is 2.15. The number of halogens is 2. The Morgan fingerprint density at radius 3 is 2.78 bits per heavy atom. The zero-order chi connectivity index (χ0) is 13.0. The van der Waals surface area contributed by atoms with E-state index in [-0.39, 0.29) is 5.91 Å². The number of carbonyl (C=O) groups is 1. The first-order chi connectivity index (χ1) is 8.66. The number of carbonyl (C=O) groups excluding carboxylic acids is 1. The average molecular weight is 298 g/mol. The van der Waals surface area contributed by atoms with Gasteiger partial charge < -0.3 is 5.32 Å². The Kier molecular flexibility index (Phi) is 4.42. The second-order valence-electron chi connectivity index (χ2n) is 3.44. The second kappa shape index (κ2) is 6.05. The van der Waals surface area contributed by atoms with Crippen LogP contribution in [-0.2, 0) is 4.79 Å². The van der Waals surface area contributed by atoms with Gasteiger partial charge in [0.15, 0.2) is 0 Å². The lowest BCUT2D eigenvalue weighted by molar-refractivity contribution is -0.111. The molecule has 0 aliphatic carbocycles. The molecule has 2 rings (SSSR count). The van der Waals surface area contributed by atoms with Gasteiger partial charge in [0.2, 0.25) is 5.91 Å². The number of hydrogen-bond acceptors (Lipinski definition) is 2. The Bertz CT molecular complexity index is 579. The summed E-state index contributed by atoms with van der Waals surface area (Å²) in [6.45, 7) is 0. The number of hydrogen-bond donors (Lipinski definition) is 1. The minimum Gasteiger partial charge on any atom is -0.321 e. The molecule has 1 N–H and O–H groups in total. The van der Waals surface area contributed by atoms with Gasteiger partial charge in [-0.3, -0.25) is 4.79 Å². The monoisotopic (exact) mass is 297 g/mol. The Morgan fingerprint density at radius 2 is 2.06 bits per heavy atom. The minimum absolute atomic E-state index is 0.243. The van der Waals surface area contributed by atoms with Gasteiger partial charge in [0, 0.05) is 11.0 Å². The number of amides is 1. The van der Waals surface area contributed by atoms with Gasteiger partial charge in [0.05, 0.1) is 15.7 Å². The Hall–Kier alpha value is -1.29. The first-order valence-corrected chi connectivity index (χ1v) is 6.77. The molecule has 0 aliphatic rings. The maximum atomic E-state index is 11.7. The predicted molar refractivity (Wildman–Crippen MR) is 78.4 cm³/mol. The lowest BCUT2D eigenvalue weighted by Crippen LogP contribution is -2.08. The van der Waals surface area contributed by atoms with E-state index >= 15 is 0 Å². The largest absolute Gasteiger partial charge is 0.321 e. The number of nitrogens with one attached hydrogen (secondary N) is 1. The lowest BCUT2D eigenvalue weighted by atomic mass is 10.3. The van der Waals surface area contributed by atoms with E-state index in [2.05, 4.69) is 5.32 Å². The molecule has 0 fully saturated rings. The van der Waals surface area contributed by atoms with Gasteiger partial charge in [-0.25, -0.2) is 0 Å². The molecule has 2 nitrogen and oxygen atoms in total. The standard InChI is InChI=1S/C13H9Cl2NOS/c14-10-4-1-5-11(13(10)15)16-12(17)7-6-9-3-2-8-18-9/h1-8H,(H,16,17). The van der Waals surface area contributed by atoms with Crippen LogP contribution in [-0.4, -0.2) is 5.91 Å². The summed E-state index contributed by atoms with van der Waals surface area (Å²) in [5.41, 5.74) is 0.505. The van der Waals surface area contributed by atoms with E-state index in [0.29, 0.717) is 15.7 Å². The molecule has 0 saturated heterocycles. The molecule has 0 saturated carbocycles. The van der Waals surface area contributed by atoms with Crippen LogP contribution in [0.15, 0.2) is 41.8 Å². The first kappa shape index (κ1) is 13.1. The van der Waals surface area contributed by atoms with Crippen LogP contribution in [0.25, 0.3) is 6.08 Å². The van der Waals surface area contributed by atoms with Crippen LogP contribution in [0.3, 0.4) is 0 Å². The molecular weight excluding hydrogens is 289 g/mol. The van der Waals surface area contributed by atoms with Gasteiger partial charge in [0.25, 0.3) is 0 Å². The van der Waals surface area contributed by atoms with Crippen LogP contribution in [0.1, 0.15) is 4.88 Å². The fourth-order valence-electron chi connectivity index (χ4n) is 1.32. The zero-order valence-electron chi connectivity index (χ0n) is 9.19.